The van der Waals surface area contributed by atoms with E-state index < -0.39 is 0 Å². The van der Waals surface area contributed by atoms with Crippen molar-refractivity contribution in [2.24, 2.45) is 10.9 Å². The summed E-state index contributed by atoms with van der Waals surface area (Å²) in [5.74, 6) is 0.555. The Morgan fingerprint density at radius 2 is 1.48 bits per heavy atom. The molecule has 2 N–H and O–H groups in total. The zero-order chi connectivity index (χ0) is 22.9. The van der Waals surface area contributed by atoms with Gasteiger partial charge in [-0.1, -0.05) is 92.2 Å². The molecule has 0 spiro atoms. The van der Waals surface area contributed by atoms with E-state index in [9.17, 15) is 4.79 Å². The first-order chi connectivity index (χ1) is 16.2. The third kappa shape index (κ3) is 5.33. The minimum atomic E-state index is -0.259. The van der Waals surface area contributed by atoms with Crippen molar-refractivity contribution in [1.82, 2.24) is 5.32 Å². The number of aliphatic imine (C=N–C) groups is 1. The first kappa shape index (κ1) is 22.8. The number of nitrogens with one attached hydrogen (secondary N) is 2. The van der Waals surface area contributed by atoms with Crippen molar-refractivity contribution in [2.75, 3.05) is 18.4 Å². The maximum Gasteiger partial charge on any atom is 0.235 e. The minimum Gasteiger partial charge on any atom is -0.372 e. The van der Waals surface area contributed by atoms with Crippen LogP contribution in [-0.4, -0.2) is 24.8 Å². The minimum absolute atomic E-state index is 0.00710. The van der Waals surface area contributed by atoms with E-state index in [2.05, 4.69) is 78.2 Å². The fraction of sp³-hybridized carbons (Fsp3) is 0.310. The Bertz CT molecular complexity index is 1010. The van der Waals surface area contributed by atoms with E-state index in [1.54, 1.807) is 0 Å². The molecule has 3 aromatic rings. The van der Waals surface area contributed by atoms with Gasteiger partial charge in [-0.3, -0.25) is 9.79 Å². The Kier molecular flexibility index (Phi) is 7.56. The van der Waals surface area contributed by atoms with Crippen LogP contribution >= 0.6 is 0 Å². The van der Waals surface area contributed by atoms with Crippen LogP contribution in [0.5, 0.6) is 0 Å². The van der Waals surface area contributed by atoms with E-state index in [1.165, 1.54) is 11.1 Å². The fourth-order valence-corrected chi connectivity index (χ4v) is 4.86. The summed E-state index contributed by atoms with van der Waals surface area (Å²) in [6.45, 7) is 3.69. The van der Waals surface area contributed by atoms with Crippen LogP contribution in [0.15, 0.2) is 96.0 Å². The van der Waals surface area contributed by atoms with E-state index in [0.717, 1.165) is 43.8 Å². The van der Waals surface area contributed by atoms with Gasteiger partial charge in [0.2, 0.25) is 5.91 Å². The Morgan fingerprint density at radius 1 is 0.909 bits per heavy atom. The van der Waals surface area contributed by atoms with Crippen molar-refractivity contribution in [3.8, 4) is 0 Å². The van der Waals surface area contributed by atoms with Gasteiger partial charge in [0.1, 0.15) is 5.84 Å². The zero-order valence-electron chi connectivity index (χ0n) is 19.3. The average Bonchev–Trinajstić information content (AvgIpc) is 2.88. The van der Waals surface area contributed by atoms with E-state index in [0.29, 0.717) is 6.54 Å². The Labute approximate surface area is 197 Å². The molecule has 1 heterocycles. The van der Waals surface area contributed by atoms with Crippen molar-refractivity contribution >= 4 is 17.4 Å². The summed E-state index contributed by atoms with van der Waals surface area (Å²) in [5, 5.41) is 6.72. The molecule has 4 rings (SSSR count). The standard InChI is InChI=1S/C29H33N3O/c1-2-20-29(23-13-6-3-7-14-23,24-15-8-4-9-16-24)22-31-27-26(19-12-21-30-27)28(33)32-25-17-10-5-11-18-25/h3-11,13-18,26H,2,12,19-22H2,1H3,(H,30,31)(H,32,33). The van der Waals surface area contributed by atoms with Gasteiger partial charge in [0.05, 0.1) is 5.92 Å². The fourth-order valence-electron chi connectivity index (χ4n) is 4.86. The van der Waals surface area contributed by atoms with Crippen LogP contribution in [0.3, 0.4) is 0 Å². The number of amides is 1. The molecule has 0 aliphatic carbocycles. The highest BCUT2D eigenvalue weighted by Crippen LogP contribution is 2.36. The molecular formula is C29H33N3O. The average molecular weight is 440 g/mol. The van der Waals surface area contributed by atoms with Gasteiger partial charge < -0.3 is 10.6 Å². The first-order valence-electron chi connectivity index (χ1n) is 12.0. The van der Waals surface area contributed by atoms with Gasteiger partial charge in [-0.15, -0.1) is 0 Å². The molecule has 1 unspecified atom stereocenters. The molecule has 3 aromatic carbocycles. The number of hydrogen-bond acceptors (Lipinski definition) is 3. The van der Waals surface area contributed by atoms with Gasteiger partial charge >= 0.3 is 0 Å². The molecule has 33 heavy (non-hydrogen) atoms. The third-order valence-corrected chi connectivity index (χ3v) is 6.52. The van der Waals surface area contributed by atoms with Crippen LogP contribution in [0.4, 0.5) is 5.69 Å². The topological polar surface area (TPSA) is 53.5 Å². The van der Waals surface area contributed by atoms with Gasteiger partial charge in [0.25, 0.3) is 0 Å². The molecule has 0 saturated heterocycles. The summed E-state index contributed by atoms with van der Waals surface area (Å²) in [4.78, 5) is 17.9. The van der Waals surface area contributed by atoms with E-state index in [4.69, 9.17) is 4.99 Å². The smallest absolute Gasteiger partial charge is 0.235 e. The second-order valence-electron chi connectivity index (χ2n) is 8.73. The Hall–Kier alpha value is -3.40. The maximum absolute atomic E-state index is 13.1. The lowest BCUT2D eigenvalue weighted by atomic mass is 9.71. The second kappa shape index (κ2) is 11.0. The van der Waals surface area contributed by atoms with Crippen LogP contribution in [0, 0.1) is 5.92 Å². The number of benzene rings is 3. The van der Waals surface area contributed by atoms with E-state index in [-0.39, 0.29) is 17.2 Å². The summed E-state index contributed by atoms with van der Waals surface area (Å²) in [5.41, 5.74) is 3.19. The van der Waals surface area contributed by atoms with Crippen molar-refractivity contribution in [3.63, 3.8) is 0 Å². The molecule has 0 aromatic heterocycles. The van der Waals surface area contributed by atoms with Crippen LogP contribution in [0.1, 0.15) is 43.7 Å². The number of hydrogen-bond donors (Lipinski definition) is 2. The number of carbonyl (C=O) groups is 1. The molecule has 1 amide bonds. The van der Waals surface area contributed by atoms with E-state index >= 15 is 0 Å². The summed E-state index contributed by atoms with van der Waals surface area (Å²) < 4.78 is 0. The quantitative estimate of drug-likeness (QED) is 0.465. The molecule has 0 bridgehead atoms. The largest absolute Gasteiger partial charge is 0.372 e. The predicted molar refractivity (Wildman–Crippen MR) is 137 cm³/mol. The SMILES string of the molecule is CCCC(CNC1=NCCCC1C(=O)Nc1ccccc1)(c1ccccc1)c1ccccc1. The highest BCUT2D eigenvalue weighted by Gasteiger charge is 2.35. The second-order valence-corrected chi connectivity index (χ2v) is 8.73. The Balaban J connectivity index is 1.60. The van der Waals surface area contributed by atoms with Crippen LogP contribution < -0.4 is 10.6 Å². The third-order valence-electron chi connectivity index (χ3n) is 6.52. The number of anilines is 1. The molecular weight excluding hydrogens is 406 g/mol. The van der Waals surface area contributed by atoms with Gasteiger partial charge in [-0.25, -0.2) is 0 Å². The molecule has 4 heteroatoms. The normalized spacial score (nSPS) is 16.0. The van der Waals surface area contributed by atoms with Crippen molar-refractivity contribution in [2.45, 2.75) is 38.0 Å². The molecule has 0 saturated carbocycles. The van der Waals surface area contributed by atoms with Crippen LogP contribution in [0.25, 0.3) is 0 Å². The molecule has 170 valence electrons. The van der Waals surface area contributed by atoms with Crippen LogP contribution in [-0.2, 0) is 10.2 Å². The van der Waals surface area contributed by atoms with E-state index in [1.807, 2.05) is 30.3 Å². The van der Waals surface area contributed by atoms with Crippen molar-refractivity contribution < 1.29 is 4.79 Å². The number of nitrogens with zero attached hydrogens (tertiary/aromatic N) is 1. The number of para-hydroxylation sites is 1. The van der Waals surface area contributed by atoms with Crippen molar-refractivity contribution in [1.29, 1.82) is 0 Å². The summed E-state index contributed by atoms with van der Waals surface area (Å²) >= 11 is 0. The zero-order valence-corrected chi connectivity index (χ0v) is 19.3. The number of carbonyl (C=O) groups excluding carboxylic acids is 1. The van der Waals surface area contributed by atoms with Crippen molar-refractivity contribution in [3.05, 3.63) is 102 Å². The lowest BCUT2D eigenvalue weighted by Crippen LogP contribution is -2.47. The monoisotopic (exact) mass is 439 g/mol. The van der Waals surface area contributed by atoms with Gasteiger partial charge in [0, 0.05) is 24.2 Å². The lowest BCUT2D eigenvalue weighted by molar-refractivity contribution is -0.118. The summed E-state index contributed by atoms with van der Waals surface area (Å²) in [6, 6.07) is 31.1. The lowest BCUT2D eigenvalue weighted by Gasteiger charge is -2.37. The molecule has 4 nitrogen and oxygen atoms in total. The molecule has 1 aliphatic rings. The van der Waals surface area contributed by atoms with Gasteiger partial charge in [-0.05, 0) is 42.5 Å². The predicted octanol–water partition coefficient (Wildman–Crippen LogP) is 5.81. The number of amidine groups is 1. The first-order valence-corrected chi connectivity index (χ1v) is 12.0. The molecule has 1 aliphatic heterocycles. The molecule has 1 atom stereocenters. The number of rotatable bonds is 8. The maximum atomic E-state index is 13.1. The summed E-state index contributed by atoms with van der Waals surface area (Å²) in [7, 11) is 0. The summed E-state index contributed by atoms with van der Waals surface area (Å²) in [6.07, 6.45) is 3.79. The molecule has 0 fully saturated rings. The van der Waals surface area contributed by atoms with Gasteiger partial charge in [-0.2, -0.15) is 0 Å². The highest BCUT2D eigenvalue weighted by atomic mass is 16.1. The highest BCUT2D eigenvalue weighted by molar-refractivity contribution is 6.08. The molecule has 0 radical (unpaired) electrons. The van der Waals surface area contributed by atoms with Crippen LogP contribution in [0.2, 0.25) is 0 Å². The van der Waals surface area contributed by atoms with Gasteiger partial charge in [0.15, 0.2) is 0 Å². The Morgan fingerprint density at radius 3 is 2.06 bits per heavy atom.